The van der Waals surface area contributed by atoms with E-state index in [4.69, 9.17) is 16.3 Å². The Bertz CT molecular complexity index is 688. The van der Waals surface area contributed by atoms with Crippen LogP contribution in [-0.4, -0.2) is 23.9 Å². The molecule has 0 aliphatic rings. The van der Waals surface area contributed by atoms with Crippen molar-refractivity contribution in [3.63, 3.8) is 0 Å². The zero-order chi connectivity index (χ0) is 18.8. The van der Waals surface area contributed by atoms with Crippen molar-refractivity contribution in [2.24, 2.45) is 0 Å². The first-order valence-electron chi connectivity index (χ1n) is 8.85. The van der Waals surface area contributed by atoms with E-state index in [0.29, 0.717) is 10.6 Å². The van der Waals surface area contributed by atoms with E-state index in [-0.39, 0.29) is 5.97 Å². The highest BCUT2D eigenvalue weighted by Gasteiger charge is 2.11. The van der Waals surface area contributed by atoms with Crippen molar-refractivity contribution >= 4 is 29.3 Å². The third-order valence-electron chi connectivity index (χ3n) is 4.18. The van der Waals surface area contributed by atoms with Gasteiger partial charge in [0.2, 0.25) is 0 Å². The SMILES string of the molecule is COC(=O)c1ccccc1SCCCCCCC(O)c1ccc(Cl)cc1. The van der Waals surface area contributed by atoms with Gasteiger partial charge in [0.25, 0.3) is 0 Å². The highest BCUT2D eigenvalue weighted by atomic mass is 35.5. The Hall–Kier alpha value is -1.49. The lowest BCUT2D eigenvalue weighted by Gasteiger charge is -2.11. The van der Waals surface area contributed by atoms with Crippen molar-refractivity contribution in [3.05, 3.63) is 64.7 Å². The van der Waals surface area contributed by atoms with Crippen LogP contribution < -0.4 is 0 Å². The van der Waals surface area contributed by atoms with Crippen LogP contribution in [0.5, 0.6) is 0 Å². The minimum atomic E-state index is -0.423. The lowest BCUT2D eigenvalue weighted by molar-refractivity contribution is 0.0597. The topological polar surface area (TPSA) is 46.5 Å². The van der Waals surface area contributed by atoms with Crippen LogP contribution in [0.1, 0.15) is 54.1 Å². The molecule has 0 amide bonds. The summed E-state index contributed by atoms with van der Waals surface area (Å²) < 4.78 is 4.82. The first kappa shape index (κ1) is 20.8. The molecule has 0 bridgehead atoms. The highest BCUT2D eigenvalue weighted by Crippen LogP contribution is 2.25. The maximum absolute atomic E-state index is 11.7. The zero-order valence-corrected chi connectivity index (χ0v) is 16.6. The normalized spacial score (nSPS) is 12.0. The number of benzene rings is 2. The zero-order valence-electron chi connectivity index (χ0n) is 15.0. The first-order chi connectivity index (χ1) is 12.6. The maximum atomic E-state index is 11.7. The number of ether oxygens (including phenoxy) is 1. The second kappa shape index (κ2) is 11.3. The Morgan fingerprint density at radius 3 is 2.50 bits per heavy atom. The van der Waals surface area contributed by atoms with Gasteiger partial charge in [0.05, 0.1) is 18.8 Å². The minimum Gasteiger partial charge on any atom is -0.465 e. The van der Waals surface area contributed by atoms with Crippen LogP contribution in [0.4, 0.5) is 0 Å². The molecule has 26 heavy (non-hydrogen) atoms. The fraction of sp³-hybridized carbons (Fsp3) is 0.381. The van der Waals surface area contributed by atoms with Gasteiger partial charge in [-0.15, -0.1) is 11.8 Å². The van der Waals surface area contributed by atoms with Crippen molar-refractivity contribution in [3.8, 4) is 0 Å². The van der Waals surface area contributed by atoms with E-state index < -0.39 is 6.10 Å². The summed E-state index contributed by atoms with van der Waals surface area (Å²) in [5.41, 5.74) is 1.55. The number of unbranched alkanes of at least 4 members (excludes halogenated alkanes) is 3. The summed E-state index contributed by atoms with van der Waals surface area (Å²) in [5.74, 6) is 0.678. The molecule has 0 aromatic heterocycles. The predicted octanol–water partition coefficient (Wildman–Crippen LogP) is 5.90. The molecule has 0 spiro atoms. The molecule has 2 aromatic carbocycles. The van der Waals surface area contributed by atoms with Gasteiger partial charge >= 0.3 is 5.97 Å². The number of carbonyl (C=O) groups is 1. The molecule has 2 rings (SSSR count). The largest absolute Gasteiger partial charge is 0.465 e. The monoisotopic (exact) mass is 392 g/mol. The number of methoxy groups -OCH3 is 1. The summed E-state index contributed by atoms with van der Waals surface area (Å²) in [4.78, 5) is 12.7. The van der Waals surface area contributed by atoms with E-state index >= 15 is 0 Å². The number of hydrogen-bond acceptors (Lipinski definition) is 4. The van der Waals surface area contributed by atoms with Gasteiger partial charge in [0.1, 0.15) is 0 Å². The molecule has 0 aliphatic heterocycles. The van der Waals surface area contributed by atoms with Crippen molar-refractivity contribution < 1.29 is 14.6 Å². The molecule has 0 aliphatic carbocycles. The van der Waals surface area contributed by atoms with Crippen LogP contribution in [0.15, 0.2) is 53.4 Å². The van der Waals surface area contributed by atoms with E-state index in [1.807, 2.05) is 42.5 Å². The van der Waals surface area contributed by atoms with Crippen LogP contribution in [-0.2, 0) is 4.74 Å². The van der Waals surface area contributed by atoms with Crippen molar-refractivity contribution in [2.75, 3.05) is 12.9 Å². The predicted molar refractivity (Wildman–Crippen MR) is 108 cm³/mol. The molecule has 140 valence electrons. The Balaban J connectivity index is 1.63. The van der Waals surface area contributed by atoms with Gasteiger partial charge in [-0.1, -0.05) is 55.1 Å². The van der Waals surface area contributed by atoms with Gasteiger partial charge in [-0.3, -0.25) is 0 Å². The average Bonchev–Trinajstić information content (AvgIpc) is 2.67. The fourth-order valence-electron chi connectivity index (χ4n) is 2.70. The van der Waals surface area contributed by atoms with E-state index in [9.17, 15) is 9.90 Å². The van der Waals surface area contributed by atoms with E-state index in [1.54, 1.807) is 17.8 Å². The molecular weight excluding hydrogens is 368 g/mol. The molecular formula is C21H25ClO3S. The quantitative estimate of drug-likeness (QED) is 0.310. The van der Waals surface area contributed by atoms with Crippen LogP contribution in [0.3, 0.4) is 0 Å². The fourth-order valence-corrected chi connectivity index (χ4v) is 3.87. The van der Waals surface area contributed by atoms with Crippen molar-refractivity contribution in [1.82, 2.24) is 0 Å². The standard InChI is InChI=1S/C21H25ClO3S/c1-25-21(24)18-8-5-6-10-20(18)26-15-7-3-2-4-9-19(23)16-11-13-17(22)14-12-16/h5-6,8,10-14,19,23H,2-4,7,9,15H2,1H3. The number of rotatable bonds is 10. The number of carbonyl (C=O) groups excluding carboxylic acids is 1. The summed E-state index contributed by atoms with van der Waals surface area (Å²) in [6.45, 7) is 0. The number of esters is 1. The van der Waals surface area contributed by atoms with Gasteiger partial charge < -0.3 is 9.84 Å². The Kier molecular flexibility index (Phi) is 9.02. The summed E-state index contributed by atoms with van der Waals surface area (Å²) in [6.07, 6.45) is 4.61. The van der Waals surface area contributed by atoms with Crippen LogP contribution in [0.25, 0.3) is 0 Å². The molecule has 0 radical (unpaired) electrons. The molecule has 3 nitrogen and oxygen atoms in total. The number of halogens is 1. The number of aliphatic hydroxyl groups excluding tert-OH is 1. The van der Waals surface area contributed by atoms with Gasteiger partial charge in [-0.2, -0.15) is 0 Å². The molecule has 0 saturated carbocycles. The lowest BCUT2D eigenvalue weighted by Crippen LogP contribution is -2.02. The summed E-state index contributed by atoms with van der Waals surface area (Å²) >= 11 is 7.55. The molecule has 5 heteroatoms. The van der Waals surface area contributed by atoms with Gasteiger partial charge in [-0.05, 0) is 48.4 Å². The minimum absolute atomic E-state index is 0.288. The Morgan fingerprint density at radius 1 is 1.08 bits per heavy atom. The third-order valence-corrected chi connectivity index (χ3v) is 5.59. The van der Waals surface area contributed by atoms with Gasteiger partial charge in [0, 0.05) is 9.92 Å². The lowest BCUT2D eigenvalue weighted by atomic mass is 10.0. The molecule has 1 unspecified atom stereocenters. The molecule has 1 N–H and O–H groups in total. The molecule has 0 heterocycles. The summed E-state index contributed by atoms with van der Waals surface area (Å²) in [6, 6.07) is 14.9. The second-order valence-electron chi connectivity index (χ2n) is 6.11. The van der Waals surface area contributed by atoms with E-state index in [1.165, 1.54) is 7.11 Å². The molecule has 2 aromatic rings. The van der Waals surface area contributed by atoms with Gasteiger partial charge in [0.15, 0.2) is 0 Å². The number of hydrogen-bond donors (Lipinski definition) is 1. The van der Waals surface area contributed by atoms with Gasteiger partial charge in [-0.25, -0.2) is 4.79 Å². The Labute approximate surface area is 164 Å². The van der Waals surface area contributed by atoms with Crippen LogP contribution >= 0.6 is 23.4 Å². The highest BCUT2D eigenvalue weighted by molar-refractivity contribution is 7.99. The maximum Gasteiger partial charge on any atom is 0.338 e. The van der Waals surface area contributed by atoms with E-state index in [2.05, 4.69) is 0 Å². The van der Waals surface area contributed by atoms with E-state index in [0.717, 1.165) is 48.3 Å². The summed E-state index contributed by atoms with van der Waals surface area (Å²) in [7, 11) is 1.41. The first-order valence-corrected chi connectivity index (χ1v) is 10.2. The smallest absolute Gasteiger partial charge is 0.338 e. The summed E-state index contributed by atoms with van der Waals surface area (Å²) in [5, 5.41) is 10.9. The van der Waals surface area contributed by atoms with Crippen molar-refractivity contribution in [2.45, 2.75) is 43.1 Å². The van der Waals surface area contributed by atoms with Crippen LogP contribution in [0, 0.1) is 0 Å². The van der Waals surface area contributed by atoms with Crippen molar-refractivity contribution in [1.29, 1.82) is 0 Å². The Morgan fingerprint density at radius 2 is 1.77 bits per heavy atom. The third kappa shape index (κ3) is 6.67. The molecule has 0 saturated heterocycles. The molecule has 1 atom stereocenters. The van der Waals surface area contributed by atoms with Crippen LogP contribution in [0.2, 0.25) is 5.02 Å². The number of thioether (sulfide) groups is 1. The molecule has 0 fully saturated rings. The second-order valence-corrected chi connectivity index (χ2v) is 7.68. The average molecular weight is 393 g/mol. The number of aliphatic hydroxyl groups is 1.